The highest BCUT2D eigenvalue weighted by Crippen LogP contribution is 2.60. The van der Waals surface area contributed by atoms with Crippen LogP contribution in [0.3, 0.4) is 0 Å². The molecule has 1 aromatic heterocycles. The number of hydrogen-bond acceptors (Lipinski definition) is 5. The number of Topliss-reactive ketones (excluding diaryl/α,β-unsaturated/α-hetero) is 1. The second-order valence-electron chi connectivity index (χ2n) is 9.25. The lowest BCUT2D eigenvalue weighted by Gasteiger charge is -2.20. The van der Waals surface area contributed by atoms with E-state index in [4.69, 9.17) is 9.47 Å². The largest absolute Gasteiger partial charge is 0.489 e. The lowest BCUT2D eigenvalue weighted by Crippen LogP contribution is -2.34. The van der Waals surface area contributed by atoms with Gasteiger partial charge in [-0.25, -0.2) is 14.2 Å². The first kappa shape index (κ1) is 23.3. The number of rotatable bonds is 6. The molecule has 6 rings (SSSR count). The van der Waals surface area contributed by atoms with Crippen molar-refractivity contribution in [2.24, 2.45) is 5.92 Å². The Balaban J connectivity index is 1.13. The number of pyridine rings is 1. The fraction of sp³-hybridized carbons (Fsp3) is 0.269. The SMILES string of the molecule is O=C(Cc1ccc(F)c(C(F)(F)F)c1)C[C@@H]1[C@H]2Oc3ccc(Oc4ccnc5c4CNC(=O)N5)cc3[C@@H]12. The fourth-order valence-corrected chi connectivity index (χ4v) is 5.02. The maximum atomic E-state index is 13.5. The van der Waals surface area contributed by atoms with Gasteiger partial charge in [0.1, 0.15) is 40.8 Å². The summed E-state index contributed by atoms with van der Waals surface area (Å²) >= 11 is 0. The van der Waals surface area contributed by atoms with Crippen molar-refractivity contribution in [3.8, 4) is 17.2 Å². The minimum absolute atomic E-state index is 0.0197. The van der Waals surface area contributed by atoms with Crippen LogP contribution in [0.25, 0.3) is 0 Å². The average molecular weight is 513 g/mol. The van der Waals surface area contributed by atoms with Crippen molar-refractivity contribution in [1.82, 2.24) is 10.3 Å². The zero-order valence-electron chi connectivity index (χ0n) is 19.1. The summed E-state index contributed by atoms with van der Waals surface area (Å²) in [7, 11) is 0. The highest BCUT2D eigenvalue weighted by atomic mass is 19.4. The minimum atomic E-state index is -4.83. The Kier molecular flexibility index (Phi) is 5.32. The topological polar surface area (TPSA) is 89.6 Å². The van der Waals surface area contributed by atoms with E-state index in [0.29, 0.717) is 34.7 Å². The molecule has 3 aromatic rings. The first-order chi connectivity index (χ1) is 17.7. The van der Waals surface area contributed by atoms with Gasteiger partial charge in [-0.05, 0) is 42.0 Å². The Hall–Kier alpha value is -4.15. The van der Waals surface area contributed by atoms with Gasteiger partial charge in [0.05, 0.1) is 17.7 Å². The van der Waals surface area contributed by atoms with Crippen molar-refractivity contribution >= 4 is 17.6 Å². The van der Waals surface area contributed by atoms with Gasteiger partial charge in [0.15, 0.2) is 0 Å². The molecule has 2 aromatic carbocycles. The van der Waals surface area contributed by atoms with Gasteiger partial charge in [-0.15, -0.1) is 0 Å². The van der Waals surface area contributed by atoms with Gasteiger partial charge in [0, 0.05) is 36.4 Å². The molecule has 0 unspecified atom stereocenters. The number of ether oxygens (including phenoxy) is 2. The molecule has 2 N–H and O–H groups in total. The summed E-state index contributed by atoms with van der Waals surface area (Å²) < 4.78 is 64.5. The summed E-state index contributed by atoms with van der Waals surface area (Å²) in [5.41, 5.74) is 0.351. The average Bonchev–Trinajstić information content (AvgIpc) is 3.35. The minimum Gasteiger partial charge on any atom is -0.489 e. The number of aromatic nitrogens is 1. The Morgan fingerprint density at radius 3 is 2.81 bits per heavy atom. The van der Waals surface area contributed by atoms with E-state index in [1.54, 1.807) is 18.2 Å². The van der Waals surface area contributed by atoms with E-state index < -0.39 is 17.6 Å². The number of hydrogen-bond donors (Lipinski definition) is 2. The van der Waals surface area contributed by atoms with E-state index in [0.717, 1.165) is 11.6 Å². The van der Waals surface area contributed by atoms with Crippen LogP contribution in [-0.2, 0) is 23.9 Å². The van der Waals surface area contributed by atoms with Gasteiger partial charge in [-0.3, -0.25) is 10.1 Å². The molecular formula is C26H19F4N3O4. The van der Waals surface area contributed by atoms with E-state index in [1.165, 1.54) is 12.3 Å². The van der Waals surface area contributed by atoms with Crippen LogP contribution in [-0.4, -0.2) is 22.9 Å². The highest BCUT2D eigenvalue weighted by Gasteiger charge is 2.59. The molecule has 0 spiro atoms. The lowest BCUT2D eigenvalue weighted by molar-refractivity contribution is -0.140. The molecule has 2 amide bonds. The predicted octanol–water partition coefficient (Wildman–Crippen LogP) is 5.34. The first-order valence-corrected chi connectivity index (χ1v) is 11.6. The number of ketones is 1. The van der Waals surface area contributed by atoms with Gasteiger partial charge in [-0.2, -0.15) is 13.2 Å². The molecule has 2 aliphatic heterocycles. The number of alkyl halides is 3. The van der Waals surface area contributed by atoms with Crippen LogP contribution in [0.2, 0.25) is 0 Å². The molecule has 3 heterocycles. The number of halogens is 4. The third kappa shape index (κ3) is 4.34. The van der Waals surface area contributed by atoms with Crippen molar-refractivity contribution in [3.05, 3.63) is 76.7 Å². The Morgan fingerprint density at radius 1 is 1.16 bits per heavy atom. The van der Waals surface area contributed by atoms with Crippen LogP contribution in [0, 0.1) is 11.7 Å². The van der Waals surface area contributed by atoms with E-state index in [9.17, 15) is 27.2 Å². The summed E-state index contributed by atoms with van der Waals surface area (Å²) in [6.45, 7) is 0.270. The Bertz CT molecular complexity index is 1440. The molecule has 7 nitrogen and oxygen atoms in total. The molecule has 3 aliphatic rings. The van der Waals surface area contributed by atoms with Crippen LogP contribution in [0.15, 0.2) is 48.7 Å². The van der Waals surface area contributed by atoms with Gasteiger partial charge in [0.25, 0.3) is 0 Å². The van der Waals surface area contributed by atoms with Crippen molar-refractivity contribution in [3.63, 3.8) is 0 Å². The second kappa shape index (κ2) is 8.46. The van der Waals surface area contributed by atoms with E-state index in [-0.39, 0.29) is 54.7 Å². The molecule has 1 fully saturated rings. The maximum Gasteiger partial charge on any atom is 0.419 e. The number of carbonyl (C=O) groups is 2. The first-order valence-electron chi connectivity index (χ1n) is 11.6. The molecule has 0 radical (unpaired) electrons. The molecular weight excluding hydrogens is 494 g/mol. The number of anilines is 1. The third-order valence-electron chi connectivity index (χ3n) is 6.80. The number of benzene rings is 2. The van der Waals surface area contributed by atoms with Gasteiger partial charge in [0.2, 0.25) is 0 Å². The molecule has 37 heavy (non-hydrogen) atoms. The van der Waals surface area contributed by atoms with E-state index in [2.05, 4.69) is 15.6 Å². The normalized spacial score (nSPS) is 21.1. The van der Waals surface area contributed by atoms with Gasteiger partial charge in [-0.1, -0.05) is 6.07 Å². The quantitative estimate of drug-likeness (QED) is 0.434. The Morgan fingerprint density at radius 2 is 2.00 bits per heavy atom. The number of nitrogens with one attached hydrogen (secondary N) is 2. The Labute approximate surface area is 207 Å². The molecule has 190 valence electrons. The summed E-state index contributed by atoms with van der Waals surface area (Å²) in [4.78, 5) is 28.3. The van der Waals surface area contributed by atoms with Crippen molar-refractivity contribution in [1.29, 1.82) is 0 Å². The van der Waals surface area contributed by atoms with Crippen LogP contribution in [0.1, 0.15) is 34.6 Å². The highest BCUT2D eigenvalue weighted by molar-refractivity contribution is 5.91. The van der Waals surface area contributed by atoms with E-state index in [1.807, 2.05) is 6.07 Å². The van der Waals surface area contributed by atoms with Crippen LogP contribution in [0.4, 0.5) is 28.2 Å². The molecule has 0 saturated heterocycles. The summed E-state index contributed by atoms with van der Waals surface area (Å²) in [5.74, 6) is 0.496. The molecule has 1 aliphatic carbocycles. The fourth-order valence-electron chi connectivity index (χ4n) is 5.02. The van der Waals surface area contributed by atoms with Crippen LogP contribution < -0.4 is 20.1 Å². The second-order valence-corrected chi connectivity index (χ2v) is 9.25. The molecule has 11 heteroatoms. The zero-order chi connectivity index (χ0) is 25.9. The van der Waals surface area contributed by atoms with Gasteiger partial charge >= 0.3 is 12.2 Å². The van der Waals surface area contributed by atoms with Crippen LogP contribution >= 0.6 is 0 Å². The van der Waals surface area contributed by atoms with Gasteiger partial charge < -0.3 is 14.8 Å². The van der Waals surface area contributed by atoms with Crippen molar-refractivity contribution in [2.75, 3.05) is 5.32 Å². The summed E-state index contributed by atoms with van der Waals surface area (Å²) in [5, 5.41) is 5.31. The number of amides is 2. The third-order valence-corrected chi connectivity index (χ3v) is 6.80. The predicted molar refractivity (Wildman–Crippen MR) is 122 cm³/mol. The molecule has 1 saturated carbocycles. The number of carbonyl (C=O) groups excluding carboxylic acids is 2. The van der Waals surface area contributed by atoms with Crippen LogP contribution in [0.5, 0.6) is 17.2 Å². The lowest BCUT2D eigenvalue weighted by atomic mass is 10.00. The maximum absolute atomic E-state index is 13.5. The van der Waals surface area contributed by atoms with Crippen molar-refractivity contribution in [2.45, 2.75) is 37.6 Å². The summed E-state index contributed by atoms with van der Waals surface area (Å²) in [6, 6.07) is 9.39. The number of fused-ring (bicyclic) bond motifs is 4. The standard InChI is InChI=1S/C26H19F4N3O4/c27-19-3-1-12(8-18(19)26(28,29)30)7-13(34)9-16-22-15-10-14(2-4-20(15)37-23(16)22)36-21-5-6-31-24-17(21)11-32-25(35)33-24/h1-6,8,10,16,22-23H,7,9,11H2,(H2,31,32,33,35)/t16-,22-,23+/m0/s1. The summed E-state index contributed by atoms with van der Waals surface area (Å²) in [6.07, 6.45) is -3.54. The molecule has 3 atom stereocenters. The monoisotopic (exact) mass is 513 g/mol. The smallest absolute Gasteiger partial charge is 0.419 e. The molecule has 0 bridgehead atoms. The van der Waals surface area contributed by atoms with E-state index >= 15 is 0 Å². The number of urea groups is 1. The number of nitrogens with zero attached hydrogens (tertiary/aromatic N) is 1. The van der Waals surface area contributed by atoms with Crippen molar-refractivity contribution < 1.29 is 36.6 Å². The zero-order valence-corrected chi connectivity index (χ0v) is 19.1.